The molecule has 0 bridgehead atoms. The smallest absolute Gasteiger partial charge is 0.241 e. The van der Waals surface area contributed by atoms with E-state index < -0.39 is 0 Å². The van der Waals surface area contributed by atoms with Crippen LogP contribution in [0, 0.1) is 0 Å². The van der Waals surface area contributed by atoms with Gasteiger partial charge in [0.25, 0.3) is 0 Å². The zero-order valence-electron chi connectivity index (χ0n) is 12.0. The predicted octanol–water partition coefficient (Wildman–Crippen LogP) is 1.50. The van der Waals surface area contributed by atoms with E-state index in [1.807, 2.05) is 38.6 Å². The Kier molecular flexibility index (Phi) is 3.74. The Balaban J connectivity index is 1.64. The molecule has 0 radical (unpaired) electrons. The molecule has 3 rings (SSSR count). The van der Waals surface area contributed by atoms with Crippen molar-refractivity contribution in [3.63, 3.8) is 0 Å². The predicted molar refractivity (Wildman–Crippen MR) is 75.9 cm³/mol. The third-order valence-corrected chi connectivity index (χ3v) is 3.00. The van der Waals surface area contributed by atoms with Gasteiger partial charge in [0.15, 0.2) is 0 Å². The highest BCUT2D eigenvalue weighted by Crippen LogP contribution is 2.14. The molecule has 3 aromatic rings. The molecule has 0 aliphatic heterocycles. The maximum Gasteiger partial charge on any atom is 0.241 e. The van der Waals surface area contributed by atoms with Gasteiger partial charge in [0.1, 0.15) is 0 Å². The Morgan fingerprint density at radius 3 is 2.90 bits per heavy atom. The second-order valence-electron chi connectivity index (χ2n) is 4.95. The fraction of sp³-hybridized carbons (Fsp3) is 0.286. The molecular weight excluding hydrogens is 268 g/mol. The molecule has 108 valence electrons. The molecular formula is C14H16N6O. The zero-order valence-corrected chi connectivity index (χ0v) is 12.0. The molecule has 0 saturated carbocycles. The lowest BCUT2D eigenvalue weighted by atomic mass is 10.3. The molecule has 0 aliphatic carbocycles. The van der Waals surface area contributed by atoms with Gasteiger partial charge in [-0.1, -0.05) is 5.16 Å². The molecule has 0 saturated heterocycles. The average molecular weight is 284 g/mol. The normalized spacial score (nSPS) is 11.2. The second-order valence-corrected chi connectivity index (χ2v) is 4.95. The fourth-order valence-corrected chi connectivity index (χ4v) is 2.08. The zero-order chi connectivity index (χ0) is 14.7. The lowest BCUT2D eigenvalue weighted by molar-refractivity contribution is 0.261. The van der Waals surface area contributed by atoms with Crippen LogP contribution in [-0.2, 0) is 20.1 Å². The standard InChI is InChI=1S/C14H16N6O/c1-19(8-11-6-16-20(2)9-11)10-13-17-14(18-21-13)12-4-3-5-15-7-12/h3-7,9H,8,10H2,1-2H3. The van der Waals surface area contributed by atoms with E-state index in [0.717, 1.165) is 17.7 Å². The number of rotatable bonds is 5. The highest BCUT2D eigenvalue weighted by molar-refractivity contribution is 5.51. The van der Waals surface area contributed by atoms with Gasteiger partial charge in [-0.25, -0.2) is 0 Å². The molecule has 0 fully saturated rings. The number of pyridine rings is 1. The van der Waals surface area contributed by atoms with E-state index in [0.29, 0.717) is 18.3 Å². The van der Waals surface area contributed by atoms with E-state index in [9.17, 15) is 0 Å². The fourth-order valence-electron chi connectivity index (χ4n) is 2.08. The number of nitrogens with zero attached hydrogens (tertiary/aromatic N) is 6. The van der Waals surface area contributed by atoms with E-state index in [1.165, 1.54) is 0 Å². The lowest BCUT2D eigenvalue weighted by Gasteiger charge is -2.12. The first-order valence-corrected chi connectivity index (χ1v) is 6.60. The maximum atomic E-state index is 5.28. The van der Waals surface area contributed by atoms with Crippen LogP contribution in [0.5, 0.6) is 0 Å². The highest BCUT2D eigenvalue weighted by atomic mass is 16.5. The summed E-state index contributed by atoms with van der Waals surface area (Å²) in [7, 11) is 3.91. The quantitative estimate of drug-likeness (QED) is 0.707. The Labute approximate surface area is 122 Å². The van der Waals surface area contributed by atoms with Gasteiger partial charge in [-0.3, -0.25) is 14.6 Å². The number of hydrogen-bond donors (Lipinski definition) is 0. The van der Waals surface area contributed by atoms with Crippen LogP contribution in [0.3, 0.4) is 0 Å². The van der Waals surface area contributed by atoms with Crippen molar-refractivity contribution in [1.29, 1.82) is 0 Å². The van der Waals surface area contributed by atoms with Crippen molar-refractivity contribution < 1.29 is 4.52 Å². The first kappa shape index (κ1) is 13.4. The van der Waals surface area contributed by atoms with E-state index in [2.05, 4.69) is 25.1 Å². The van der Waals surface area contributed by atoms with Gasteiger partial charge in [0.2, 0.25) is 11.7 Å². The van der Waals surface area contributed by atoms with Crippen LogP contribution in [0.15, 0.2) is 41.4 Å². The van der Waals surface area contributed by atoms with Crippen molar-refractivity contribution in [2.24, 2.45) is 7.05 Å². The van der Waals surface area contributed by atoms with E-state index in [-0.39, 0.29) is 0 Å². The summed E-state index contributed by atoms with van der Waals surface area (Å²) in [5.74, 6) is 1.15. The monoisotopic (exact) mass is 284 g/mol. The topological polar surface area (TPSA) is 72.9 Å². The van der Waals surface area contributed by atoms with Crippen LogP contribution in [-0.4, -0.2) is 36.9 Å². The second kappa shape index (κ2) is 5.84. The molecule has 3 aromatic heterocycles. The Morgan fingerprint density at radius 1 is 1.29 bits per heavy atom. The summed E-state index contributed by atoms with van der Waals surface area (Å²) in [6.07, 6.45) is 7.27. The highest BCUT2D eigenvalue weighted by Gasteiger charge is 2.11. The van der Waals surface area contributed by atoms with Crippen molar-refractivity contribution in [2.75, 3.05) is 7.05 Å². The van der Waals surface area contributed by atoms with Gasteiger partial charge in [0.05, 0.1) is 12.7 Å². The molecule has 0 spiro atoms. The van der Waals surface area contributed by atoms with Gasteiger partial charge in [0, 0.05) is 43.3 Å². The third kappa shape index (κ3) is 3.32. The number of aryl methyl sites for hydroxylation is 1. The van der Waals surface area contributed by atoms with Crippen molar-refractivity contribution in [1.82, 2.24) is 29.8 Å². The first-order chi connectivity index (χ1) is 10.2. The van der Waals surface area contributed by atoms with Gasteiger partial charge in [-0.15, -0.1) is 0 Å². The van der Waals surface area contributed by atoms with Crippen LogP contribution in [0.1, 0.15) is 11.5 Å². The van der Waals surface area contributed by atoms with Gasteiger partial charge >= 0.3 is 0 Å². The molecule has 7 nitrogen and oxygen atoms in total. The number of aromatic nitrogens is 5. The van der Waals surface area contributed by atoms with Gasteiger partial charge < -0.3 is 4.52 Å². The maximum absolute atomic E-state index is 5.28. The largest absolute Gasteiger partial charge is 0.338 e. The minimum absolute atomic E-state index is 0.563. The van der Waals surface area contributed by atoms with Crippen molar-refractivity contribution >= 4 is 0 Å². The Bertz CT molecular complexity index is 705. The number of hydrogen-bond acceptors (Lipinski definition) is 6. The van der Waals surface area contributed by atoms with Crippen LogP contribution in [0.4, 0.5) is 0 Å². The van der Waals surface area contributed by atoms with Gasteiger partial charge in [-0.2, -0.15) is 10.1 Å². The summed E-state index contributed by atoms with van der Waals surface area (Å²) in [6.45, 7) is 1.36. The molecule has 0 N–H and O–H groups in total. The van der Waals surface area contributed by atoms with Crippen molar-refractivity contribution in [3.05, 3.63) is 48.4 Å². The van der Waals surface area contributed by atoms with Gasteiger partial charge in [-0.05, 0) is 19.2 Å². The molecule has 21 heavy (non-hydrogen) atoms. The molecule has 3 heterocycles. The molecule has 0 aliphatic rings. The van der Waals surface area contributed by atoms with Crippen molar-refractivity contribution in [3.8, 4) is 11.4 Å². The van der Waals surface area contributed by atoms with Crippen LogP contribution in [0.2, 0.25) is 0 Å². The molecule has 7 heteroatoms. The van der Waals surface area contributed by atoms with E-state index in [1.54, 1.807) is 17.1 Å². The molecule has 0 aromatic carbocycles. The molecule has 0 unspecified atom stereocenters. The summed E-state index contributed by atoms with van der Waals surface area (Å²) in [5, 5.41) is 8.13. The van der Waals surface area contributed by atoms with Crippen LogP contribution >= 0.6 is 0 Å². The van der Waals surface area contributed by atoms with Crippen LogP contribution < -0.4 is 0 Å². The Hall–Kier alpha value is -2.54. The SMILES string of the molecule is CN(Cc1cnn(C)c1)Cc1nc(-c2cccnc2)no1. The Morgan fingerprint density at radius 2 is 2.19 bits per heavy atom. The summed E-state index contributed by atoms with van der Waals surface area (Å²) in [4.78, 5) is 10.5. The average Bonchev–Trinajstić information content (AvgIpc) is 3.09. The van der Waals surface area contributed by atoms with Crippen LogP contribution in [0.25, 0.3) is 11.4 Å². The third-order valence-electron chi connectivity index (χ3n) is 3.00. The van der Waals surface area contributed by atoms with E-state index in [4.69, 9.17) is 4.52 Å². The van der Waals surface area contributed by atoms with Crippen molar-refractivity contribution in [2.45, 2.75) is 13.1 Å². The minimum Gasteiger partial charge on any atom is -0.338 e. The van der Waals surface area contributed by atoms with E-state index >= 15 is 0 Å². The summed E-state index contributed by atoms with van der Waals surface area (Å²) in [6, 6.07) is 3.75. The first-order valence-electron chi connectivity index (χ1n) is 6.60. The summed E-state index contributed by atoms with van der Waals surface area (Å²) >= 11 is 0. The lowest BCUT2D eigenvalue weighted by Crippen LogP contribution is -2.17. The molecule has 0 amide bonds. The minimum atomic E-state index is 0.563. The molecule has 0 atom stereocenters. The summed E-state index contributed by atoms with van der Waals surface area (Å²) in [5.41, 5.74) is 1.99. The summed E-state index contributed by atoms with van der Waals surface area (Å²) < 4.78 is 7.07.